The summed E-state index contributed by atoms with van der Waals surface area (Å²) in [5.41, 5.74) is 1.29. The number of rotatable bonds is 3. The smallest absolute Gasteiger partial charge is 0.335 e. The van der Waals surface area contributed by atoms with Crippen LogP contribution < -0.4 is 0 Å². The van der Waals surface area contributed by atoms with E-state index in [1.807, 2.05) is 12.1 Å². The number of oxazole rings is 1. The zero-order valence-corrected chi connectivity index (χ0v) is 10.4. The molecule has 0 atom stereocenters. The molecule has 94 valence electrons. The Bertz CT molecular complexity index is 740. The number of hydrogen-bond acceptors (Lipinski definition) is 5. The Balaban J connectivity index is 1.95. The number of pyridine rings is 1. The molecule has 0 spiro atoms. The second kappa shape index (κ2) is 4.74. The molecule has 2 aromatic heterocycles. The maximum absolute atomic E-state index is 10.9. The van der Waals surface area contributed by atoms with Gasteiger partial charge in [0.25, 0.3) is 5.22 Å². The van der Waals surface area contributed by atoms with Gasteiger partial charge in [0.2, 0.25) is 0 Å². The highest BCUT2D eigenvalue weighted by molar-refractivity contribution is 7.99. The molecule has 0 aliphatic rings. The van der Waals surface area contributed by atoms with Gasteiger partial charge in [-0.05, 0) is 42.1 Å². The van der Waals surface area contributed by atoms with E-state index in [0.717, 1.165) is 4.90 Å². The Labute approximate surface area is 112 Å². The van der Waals surface area contributed by atoms with Crippen LogP contribution in [0.1, 0.15) is 10.4 Å². The number of nitrogens with zero attached hydrogens (tertiary/aromatic N) is 2. The molecule has 0 aliphatic heterocycles. The minimum absolute atomic E-state index is 0.184. The highest BCUT2D eigenvalue weighted by Crippen LogP contribution is 2.29. The van der Waals surface area contributed by atoms with Crippen molar-refractivity contribution in [1.29, 1.82) is 0 Å². The monoisotopic (exact) mass is 272 g/mol. The highest BCUT2D eigenvalue weighted by atomic mass is 32.2. The van der Waals surface area contributed by atoms with Crippen molar-refractivity contribution in [1.82, 2.24) is 9.97 Å². The van der Waals surface area contributed by atoms with Crippen molar-refractivity contribution in [3.05, 3.63) is 48.3 Å². The van der Waals surface area contributed by atoms with Gasteiger partial charge in [0.15, 0.2) is 5.58 Å². The largest absolute Gasteiger partial charge is 0.478 e. The van der Waals surface area contributed by atoms with Crippen LogP contribution in [0.2, 0.25) is 0 Å². The minimum atomic E-state index is -0.985. The minimum Gasteiger partial charge on any atom is -0.478 e. The zero-order valence-electron chi connectivity index (χ0n) is 9.61. The van der Waals surface area contributed by atoms with E-state index in [1.54, 1.807) is 18.5 Å². The average molecular weight is 272 g/mol. The molecule has 0 unspecified atom stereocenters. The van der Waals surface area contributed by atoms with E-state index in [0.29, 0.717) is 16.3 Å². The van der Waals surface area contributed by atoms with Crippen LogP contribution in [0.5, 0.6) is 0 Å². The number of aromatic nitrogens is 2. The van der Waals surface area contributed by atoms with Gasteiger partial charge in [-0.1, -0.05) is 0 Å². The first-order valence-corrected chi connectivity index (χ1v) is 6.26. The SMILES string of the molecule is O=C(O)c1ccc2nc(Sc3ccncc3)oc2c1. The number of carbonyl (C=O) groups is 1. The summed E-state index contributed by atoms with van der Waals surface area (Å²) in [6.45, 7) is 0. The summed E-state index contributed by atoms with van der Waals surface area (Å²) in [7, 11) is 0. The van der Waals surface area contributed by atoms with Gasteiger partial charge >= 0.3 is 5.97 Å². The molecule has 0 bridgehead atoms. The normalized spacial score (nSPS) is 10.7. The van der Waals surface area contributed by atoms with Crippen LogP contribution in [0.4, 0.5) is 0 Å². The van der Waals surface area contributed by atoms with Crippen LogP contribution in [0.15, 0.2) is 57.3 Å². The van der Waals surface area contributed by atoms with Crippen molar-refractivity contribution in [3.8, 4) is 0 Å². The molecule has 0 radical (unpaired) electrons. The summed E-state index contributed by atoms with van der Waals surface area (Å²) < 4.78 is 5.53. The third-order valence-corrected chi connectivity index (χ3v) is 3.33. The summed E-state index contributed by atoms with van der Waals surface area (Å²) in [6, 6.07) is 8.32. The molecule has 3 aromatic rings. The Morgan fingerprint density at radius 1 is 1.21 bits per heavy atom. The van der Waals surface area contributed by atoms with Crippen molar-refractivity contribution < 1.29 is 14.3 Å². The van der Waals surface area contributed by atoms with Crippen LogP contribution >= 0.6 is 11.8 Å². The average Bonchev–Trinajstić information content (AvgIpc) is 2.80. The van der Waals surface area contributed by atoms with Gasteiger partial charge in [0, 0.05) is 17.3 Å². The number of carboxylic acid groups (broad SMARTS) is 1. The summed E-state index contributed by atoms with van der Waals surface area (Å²) >= 11 is 1.36. The van der Waals surface area contributed by atoms with Gasteiger partial charge in [-0.15, -0.1) is 0 Å². The Kier molecular flexibility index (Phi) is 2.92. The summed E-state index contributed by atoms with van der Waals surface area (Å²) in [5, 5.41) is 9.39. The molecular formula is C13H8N2O3S. The number of hydrogen-bond donors (Lipinski definition) is 1. The lowest BCUT2D eigenvalue weighted by molar-refractivity contribution is 0.0697. The fourth-order valence-electron chi connectivity index (χ4n) is 1.59. The number of carboxylic acids is 1. The number of fused-ring (bicyclic) bond motifs is 1. The van der Waals surface area contributed by atoms with Crippen LogP contribution in [0.3, 0.4) is 0 Å². The fourth-order valence-corrected chi connectivity index (χ4v) is 2.32. The molecule has 0 fully saturated rings. The van der Waals surface area contributed by atoms with Gasteiger partial charge < -0.3 is 9.52 Å². The predicted octanol–water partition coefficient (Wildman–Crippen LogP) is 3.07. The predicted molar refractivity (Wildman–Crippen MR) is 69.3 cm³/mol. The second-order valence-corrected chi connectivity index (χ2v) is 4.78. The van der Waals surface area contributed by atoms with Crippen LogP contribution in [0.25, 0.3) is 11.1 Å². The van der Waals surface area contributed by atoms with E-state index in [1.165, 1.54) is 23.9 Å². The lowest BCUT2D eigenvalue weighted by atomic mass is 10.2. The lowest BCUT2D eigenvalue weighted by Gasteiger charge is -1.93. The molecule has 19 heavy (non-hydrogen) atoms. The van der Waals surface area contributed by atoms with E-state index in [-0.39, 0.29) is 5.56 Å². The first-order valence-electron chi connectivity index (χ1n) is 5.44. The first kappa shape index (κ1) is 11.7. The number of benzene rings is 1. The molecule has 2 heterocycles. The Morgan fingerprint density at radius 2 is 2.00 bits per heavy atom. The Morgan fingerprint density at radius 3 is 2.74 bits per heavy atom. The van der Waals surface area contributed by atoms with Crippen molar-refractivity contribution >= 4 is 28.8 Å². The van der Waals surface area contributed by atoms with Crippen molar-refractivity contribution in [2.45, 2.75) is 10.1 Å². The van der Waals surface area contributed by atoms with Crippen molar-refractivity contribution in [3.63, 3.8) is 0 Å². The van der Waals surface area contributed by atoms with Gasteiger partial charge in [-0.2, -0.15) is 0 Å². The van der Waals surface area contributed by atoms with E-state index in [4.69, 9.17) is 9.52 Å². The van der Waals surface area contributed by atoms with Gasteiger partial charge in [-0.3, -0.25) is 4.98 Å². The molecular weight excluding hydrogens is 264 g/mol. The molecule has 1 aromatic carbocycles. The quantitative estimate of drug-likeness (QED) is 0.789. The standard InChI is InChI=1S/C13H8N2O3S/c16-12(17)8-1-2-10-11(7-8)18-13(15-10)19-9-3-5-14-6-4-9/h1-7H,(H,16,17). The van der Waals surface area contributed by atoms with E-state index >= 15 is 0 Å². The highest BCUT2D eigenvalue weighted by Gasteiger charge is 2.10. The summed E-state index contributed by atoms with van der Waals surface area (Å²) in [4.78, 5) is 20.0. The first-order chi connectivity index (χ1) is 9.22. The lowest BCUT2D eigenvalue weighted by Crippen LogP contribution is -1.94. The molecule has 5 nitrogen and oxygen atoms in total. The van der Waals surface area contributed by atoms with Crippen molar-refractivity contribution in [2.24, 2.45) is 0 Å². The summed E-state index contributed by atoms with van der Waals surface area (Å²) in [6.07, 6.45) is 3.38. The van der Waals surface area contributed by atoms with E-state index < -0.39 is 5.97 Å². The van der Waals surface area contributed by atoms with Crippen LogP contribution in [-0.2, 0) is 0 Å². The maximum Gasteiger partial charge on any atom is 0.335 e. The number of aromatic carboxylic acids is 1. The maximum atomic E-state index is 10.9. The van der Waals surface area contributed by atoms with Gasteiger partial charge in [0.05, 0.1) is 5.56 Å². The van der Waals surface area contributed by atoms with Gasteiger partial charge in [-0.25, -0.2) is 9.78 Å². The van der Waals surface area contributed by atoms with Crippen LogP contribution in [-0.4, -0.2) is 21.0 Å². The molecule has 0 saturated heterocycles. The summed E-state index contributed by atoms with van der Waals surface area (Å²) in [5.74, 6) is -0.985. The topological polar surface area (TPSA) is 76.2 Å². The van der Waals surface area contributed by atoms with Gasteiger partial charge in [0.1, 0.15) is 5.52 Å². The Hall–Kier alpha value is -2.34. The molecule has 0 aliphatic carbocycles. The molecule has 0 saturated carbocycles. The molecule has 6 heteroatoms. The second-order valence-electron chi connectivity index (χ2n) is 3.75. The van der Waals surface area contributed by atoms with Crippen LogP contribution in [0, 0.1) is 0 Å². The van der Waals surface area contributed by atoms with Crippen molar-refractivity contribution in [2.75, 3.05) is 0 Å². The molecule has 3 rings (SSSR count). The van der Waals surface area contributed by atoms with E-state index in [2.05, 4.69) is 9.97 Å². The molecule has 0 amide bonds. The third kappa shape index (κ3) is 2.43. The fraction of sp³-hybridized carbons (Fsp3) is 0. The molecule has 1 N–H and O–H groups in total. The van der Waals surface area contributed by atoms with E-state index in [9.17, 15) is 4.79 Å². The zero-order chi connectivity index (χ0) is 13.2. The third-order valence-electron chi connectivity index (χ3n) is 2.47.